The van der Waals surface area contributed by atoms with Gasteiger partial charge in [-0.3, -0.25) is 0 Å². The highest BCUT2D eigenvalue weighted by Gasteiger charge is 2.14. The fourth-order valence-electron chi connectivity index (χ4n) is 1.35. The highest BCUT2D eigenvalue weighted by molar-refractivity contribution is 5.11. The van der Waals surface area contributed by atoms with Crippen LogP contribution in [-0.2, 0) is 0 Å². The first-order valence-electron chi connectivity index (χ1n) is 5.98. The van der Waals surface area contributed by atoms with Crippen molar-refractivity contribution in [1.82, 2.24) is 5.32 Å². The molecule has 0 aromatic rings. The molecule has 0 saturated heterocycles. The van der Waals surface area contributed by atoms with E-state index in [1.165, 1.54) is 5.57 Å². The van der Waals surface area contributed by atoms with Crippen LogP contribution in [0.2, 0.25) is 0 Å². The lowest BCUT2D eigenvalue weighted by Gasteiger charge is -2.25. The van der Waals surface area contributed by atoms with Crippen molar-refractivity contribution < 1.29 is 0 Å². The van der Waals surface area contributed by atoms with E-state index in [1.54, 1.807) is 0 Å². The zero-order valence-corrected chi connectivity index (χ0v) is 11.9. The van der Waals surface area contributed by atoms with Crippen molar-refractivity contribution in [2.75, 3.05) is 6.54 Å². The molecule has 0 aromatic heterocycles. The zero-order chi connectivity index (χ0) is 12.3. The first-order chi connectivity index (χ1) is 6.51. The maximum atomic E-state index is 3.56. The molecule has 0 aromatic carbocycles. The average Bonchev–Trinajstić information content (AvgIpc) is 1.93. The Bertz CT molecular complexity index is 210. The number of rotatable bonds is 3. The third-order valence-corrected chi connectivity index (χ3v) is 2.18. The van der Waals surface area contributed by atoms with Gasteiger partial charge in [0.05, 0.1) is 0 Å². The van der Waals surface area contributed by atoms with Crippen LogP contribution in [0.15, 0.2) is 11.6 Å². The van der Waals surface area contributed by atoms with Gasteiger partial charge in [0, 0.05) is 12.1 Å². The molecule has 0 bridgehead atoms. The van der Waals surface area contributed by atoms with Gasteiger partial charge >= 0.3 is 0 Å². The van der Waals surface area contributed by atoms with E-state index in [4.69, 9.17) is 0 Å². The summed E-state index contributed by atoms with van der Waals surface area (Å²) in [5, 5.41) is 3.56. The molecule has 0 spiro atoms. The zero-order valence-electron chi connectivity index (χ0n) is 11.9. The largest absolute Gasteiger partial charge is 0.308 e. The molecular formula is C14H29N. The van der Waals surface area contributed by atoms with E-state index in [-0.39, 0.29) is 11.0 Å². The maximum absolute atomic E-state index is 3.56. The Hall–Kier alpha value is -0.300. The second kappa shape index (κ2) is 5.16. The van der Waals surface area contributed by atoms with Gasteiger partial charge in [0.15, 0.2) is 0 Å². The van der Waals surface area contributed by atoms with E-state index in [0.717, 1.165) is 6.54 Å². The van der Waals surface area contributed by atoms with Crippen molar-refractivity contribution >= 4 is 0 Å². The van der Waals surface area contributed by atoms with Gasteiger partial charge in [-0.25, -0.2) is 0 Å². The molecule has 0 aliphatic carbocycles. The molecule has 0 aliphatic heterocycles. The van der Waals surface area contributed by atoms with Crippen LogP contribution in [-0.4, -0.2) is 12.1 Å². The summed E-state index contributed by atoms with van der Waals surface area (Å²) in [5.74, 6) is 0.624. The van der Waals surface area contributed by atoms with Gasteiger partial charge in [-0.2, -0.15) is 0 Å². The molecule has 0 radical (unpaired) electrons. The predicted molar refractivity (Wildman–Crippen MR) is 70.1 cm³/mol. The third kappa shape index (κ3) is 8.68. The topological polar surface area (TPSA) is 12.0 Å². The van der Waals surface area contributed by atoms with Crippen LogP contribution in [0, 0.1) is 11.3 Å². The van der Waals surface area contributed by atoms with Crippen LogP contribution in [0.1, 0.15) is 55.4 Å². The van der Waals surface area contributed by atoms with E-state index in [1.807, 2.05) is 0 Å². The van der Waals surface area contributed by atoms with E-state index >= 15 is 0 Å². The molecule has 90 valence electrons. The van der Waals surface area contributed by atoms with Crippen LogP contribution in [0.4, 0.5) is 0 Å². The summed E-state index contributed by atoms with van der Waals surface area (Å²) in [6.45, 7) is 18.9. The van der Waals surface area contributed by atoms with Gasteiger partial charge in [-0.05, 0) is 32.1 Å². The van der Waals surface area contributed by atoms with Crippen molar-refractivity contribution in [1.29, 1.82) is 0 Å². The van der Waals surface area contributed by atoms with Gasteiger partial charge in [-0.15, -0.1) is 0 Å². The highest BCUT2D eigenvalue weighted by Crippen LogP contribution is 2.21. The van der Waals surface area contributed by atoms with Crippen LogP contribution in [0.25, 0.3) is 0 Å². The standard InChI is InChI=1S/C14H29N/c1-11(2)12(9-13(3,4)5)10-15-14(6,7)8/h9,11,15H,10H2,1-8H3. The third-order valence-electron chi connectivity index (χ3n) is 2.18. The van der Waals surface area contributed by atoms with Crippen LogP contribution in [0.3, 0.4) is 0 Å². The summed E-state index contributed by atoms with van der Waals surface area (Å²) in [4.78, 5) is 0. The maximum Gasteiger partial charge on any atom is 0.0172 e. The second-order valence-electron chi connectivity index (χ2n) is 6.84. The molecule has 0 saturated carbocycles. The minimum atomic E-state index is 0.200. The van der Waals surface area contributed by atoms with Crippen molar-refractivity contribution in [2.45, 2.75) is 60.9 Å². The smallest absolute Gasteiger partial charge is 0.0172 e. The number of allylic oxidation sites excluding steroid dienone is 1. The summed E-state index contributed by atoms with van der Waals surface area (Å²) >= 11 is 0. The molecular weight excluding hydrogens is 182 g/mol. The summed E-state index contributed by atoms with van der Waals surface area (Å²) in [7, 11) is 0. The van der Waals surface area contributed by atoms with E-state index in [9.17, 15) is 0 Å². The fraction of sp³-hybridized carbons (Fsp3) is 0.857. The summed E-state index contributed by atoms with van der Waals surface area (Å²) in [6.07, 6.45) is 2.40. The fourth-order valence-corrected chi connectivity index (χ4v) is 1.35. The van der Waals surface area contributed by atoms with Crippen molar-refractivity contribution in [2.24, 2.45) is 11.3 Å². The quantitative estimate of drug-likeness (QED) is 0.696. The average molecular weight is 211 g/mol. The van der Waals surface area contributed by atoms with E-state index in [2.05, 4.69) is 66.8 Å². The molecule has 0 fully saturated rings. The van der Waals surface area contributed by atoms with E-state index < -0.39 is 0 Å². The lowest BCUT2D eigenvalue weighted by atomic mass is 9.89. The molecule has 0 heterocycles. The molecule has 1 nitrogen and oxygen atoms in total. The van der Waals surface area contributed by atoms with Gasteiger partial charge in [-0.1, -0.05) is 46.3 Å². The van der Waals surface area contributed by atoms with Gasteiger partial charge in [0.1, 0.15) is 0 Å². The Morgan fingerprint density at radius 2 is 1.53 bits per heavy atom. The van der Waals surface area contributed by atoms with Crippen molar-refractivity contribution in [3.05, 3.63) is 11.6 Å². The Morgan fingerprint density at radius 1 is 1.07 bits per heavy atom. The molecule has 0 atom stereocenters. The normalized spacial score (nSPS) is 14.9. The number of hydrogen-bond acceptors (Lipinski definition) is 1. The van der Waals surface area contributed by atoms with Crippen LogP contribution >= 0.6 is 0 Å². The monoisotopic (exact) mass is 211 g/mol. The van der Waals surface area contributed by atoms with Crippen LogP contribution in [0.5, 0.6) is 0 Å². The Labute approximate surface area is 96.3 Å². The van der Waals surface area contributed by atoms with Crippen molar-refractivity contribution in [3.63, 3.8) is 0 Å². The van der Waals surface area contributed by atoms with Gasteiger partial charge in [0.25, 0.3) is 0 Å². The molecule has 15 heavy (non-hydrogen) atoms. The molecule has 0 rings (SSSR count). The lowest BCUT2D eigenvalue weighted by molar-refractivity contribution is 0.431. The Kier molecular flexibility index (Phi) is 5.05. The summed E-state index contributed by atoms with van der Waals surface area (Å²) in [6, 6.07) is 0. The van der Waals surface area contributed by atoms with Gasteiger partial charge < -0.3 is 5.32 Å². The predicted octanol–water partition coefficient (Wildman–Crippen LogP) is 4.00. The number of nitrogens with one attached hydrogen (secondary N) is 1. The summed E-state index contributed by atoms with van der Waals surface area (Å²) in [5.41, 5.74) is 1.99. The SMILES string of the molecule is CC(C)C(=CC(C)(C)C)CNC(C)(C)C. The molecule has 1 heteroatoms. The first-order valence-corrected chi connectivity index (χ1v) is 5.98. The molecule has 1 N–H and O–H groups in total. The minimum Gasteiger partial charge on any atom is -0.308 e. The summed E-state index contributed by atoms with van der Waals surface area (Å²) < 4.78 is 0. The van der Waals surface area contributed by atoms with Gasteiger partial charge in [0.2, 0.25) is 0 Å². The van der Waals surface area contributed by atoms with Crippen molar-refractivity contribution in [3.8, 4) is 0 Å². The van der Waals surface area contributed by atoms with Crippen LogP contribution < -0.4 is 5.32 Å². The second-order valence-corrected chi connectivity index (χ2v) is 6.84. The first kappa shape index (κ1) is 14.7. The molecule has 0 aliphatic rings. The Morgan fingerprint density at radius 3 is 1.80 bits per heavy atom. The highest BCUT2D eigenvalue weighted by atomic mass is 14.9. The van der Waals surface area contributed by atoms with E-state index in [0.29, 0.717) is 5.92 Å². The number of hydrogen-bond donors (Lipinski definition) is 1. The Balaban J connectivity index is 4.51. The molecule has 0 amide bonds. The molecule has 0 unspecified atom stereocenters. The minimum absolute atomic E-state index is 0.200. The lowest BCUT2D eigenvalue weighted by Crippen LogP contribution is -2.37.